The third kappa shape index (κ3) is 2.80. The summed E-state index contributed by atoms with van der Waals surface area (Å²) in [5.74, 6) is 0.981. The summed E-state index contributed by atoms with van der Waals surface area (Å²) >= 11 is 5.38. The molecule has 0 aliphatic heterocycles. The molecule has 0 fully saturated rings. The third-order valence-corrected chi connectivity index (χ3v) is 5.82. The van der Waals surface area contributed by atoms with Gasteiger partial charge in [0.05, 0.1) is 3.79 Å². The average molecular weight is 364 g/mol. The first-order valence-corrected chi connectivity index (χ1v) is 8.69. The lowest BCUT2D eigenvalue weighted by Gasteiger charge is -2.13. The quantitative estimate of drug-likeness (QED) is 0.654. The highest BCUT2D eigenvalue weighted by molar-refractivity contribution is 9.11. The molecule has 4 heteroatoms. The van der Waals surface area contributed by atoms with E-state index in [1.165, 1.54) is 25.2 Å². The predicted molar refractivity (Wildman–Crippen MR) is 93.2 cm³/mol. The van der Waals surface area contributed by atoms with Crippen LogP contribution in [0.15, 0.2) is 38.5 Å². The van der Waals surface area contributed by atoms with Gasteiger partial charge in [0, 0.05) is 10.3 Å². The monoisotopic (exact) mass is 363 g/mol. The number of fused-ring (bicyclic) bond motifs is 1. The van der Waals surface area contributed by atoms with Crippen molar-refractivity contribution in [3.63, 3.8) is 0 Å². The highest BCUT2D eigenvalue weighted by atomic mass is 79.9. The second-order valence-electron chi connectivity index (χ2n) is 5.24. The molecule has 0 saturated carbocycles. The largest absolute Gasteiger partial charge is 0.459 e. The first-order valence-electron chi connectivity index (χ1n) is 7.08. The van der Waals surface area contributed by atoms with Gasteiger partial charge in [-0.15, -0.1) is 11.3 Å². The molecule has 0 spiro atoms. The summed E-state index contributed by atoms with van der Waals surface area (Å²) in [5, 5.41) is 4.70. The second kappa shape index (κ2) is 5.95. The molecular formula is C17H18BrNOS. The number of halogens is 1. The molecule has 1 aromatic carbocycles. The van der Waals surface area contributed by atoms with Crippen molar-refractivity contribution in [3.8, 4) is 0 Å². The minimum absolute atomic E-state index is 0.108. The van der Waals surface area contributed by atoms with Crippen LogP contribution in [0.5, 0.6) is 0 Å². The first kappa shape index (κ1) is 14.8. The smallest absolute Gasteiger partial charge is 0.137 e. The van der Waals surface area contributed by atoms with Crippen molar-refractivity contribution in [2.45, 2.75) is 26.8 Å². The van der Waals surface area contributed by atoms with Crippen LogP contribution < -0.4 is 5.32 Å². The lowest BCUT2D eigenvalue weighted by atomic mass is 10.1. The van der Waals surface area contributed by atoms with Crippen LogP contribution in [0.1, 0.15) is 34.7 Å². The zero-order chi connectivity index (χ0) is 15.0. The number of thiophene rings is 1. The van der Waals surface area contributed by atoms with Crippen molar-refractivity contribution in [2.75, 3.05) is 6.54 Å². The molecule has 0 bridgehead atoms. The van der Waals surface area contributed by atoms with Gasteiger partial charge in [-0.25, -0.2) is 0 Å². The van der Waals surface area contributed by atoms with Gasteiger partial charge >= 0.3 is 0 Å². The highest BCUT2D eigenvalue weighted by Crippen LogP contribution is 2.36. The van der Waals surface area contributed by atoms with Gasteiger partial charge in [0.25, 0.3) is 0 Å². The summed E-state index contributed by atoms with van der Waals surface area (Å²) in [5.41, 5.74) is 3.44. The molecule has 0 radical (unpaired) electrons. The molecular weight excluding hydrogens is 346 g/mol. The minimum Gasteiger partial charge on any atom is -0.459 e. The van der Waals surface area contributed by atoms with Crippen LogP contribution in [0.2, 0.25) is 0 Å². The Morgan fingerprint density at radius 3 is 2.67 bits per heavy atom. The Balaban J connectivity index is 2.08. The summed E-state index contributed by atoms with van der Waals surface area (Å²) in [7, 11) is 0. The van der Waals surface area contributed by atoms with Crippen LogP contribution in [0.3, 0.4) is 0 Å². The number of rotatable bonds is 4. The summed E-state index contributed by atoms with van der Waals surface area (Å²) in [6.45, 7) is 7.23. The molecule has 2 aromatic heterocycles. The number of benzene rings is 1. The summed E-state index contributed by atoms with van der Waals surface area (Å²) in [4.78, 5) is 1.28. The van der Waals surface area contributed by atoms with Gasteiger partial charge in [-0.3, -0.25) is 0 Å². The Kier molecular flexibility index (Phi) is 4.20. The number of furan rings is 1. The summed E-state index contributed by atoms with van der Waals surface area (Å²) in [6, 6.07) is 10.8. The van der Waals surface area contributed by atoms with E-state index < -0.39 is 0 Å². The van der Waals surface area contributed by atoms with Crippen LogP contribution in [0.4, 0.5) is 0 Å². The molecule has 0 amide bonds. The van der Waals surface area contributed by atoms with Crippen molar-refractivity contribution in [1.29, 1.82) is 0 Å². The second-order valence-corrected chi connectivity index (χ2v) is 7.64. The topological polar surface area (TPSA) is 25.2 Å². The van der Waals surface area contributed by atoms with Crippen LogP contribution in [-0.4, -0.2) is 6.54 Å². The van der Waals surface area contributed by atoms with Gasteiger partial charge in [0.1, 0.15) is 17.4 Å². The average Bonchev–Trinajstić information content (AvgIpc) is 3.01. The van der Waals surface area contributed by atoms with E-state index in [1.807, 2.05) is 0 Å². The molecule has 3 aromatic rings. The fourth-order valence-corrected chi connectivity index (χ4v) is 4.20. The van der Waals surface area contributed by atoms with Gasteiger partial charge < -0.3 is 9.73 Å². The summed E-state index contributed by atoms with van der Waals surface area (Å²) in [6.07, 6.45) is 0. The number of para-hydroxylation sites is 1. The van der Waals surface area contributed by atoms with Crippen molar-refractivity contribution in [1.82, 2.24) is 5.32 Å². The van der Waals surface area contributed by atoms with E-state index in [-0.39, 0.29) is 6.04 Å². The van der Waals surface area contributed by atoms with Crippen molar-refractivity contribution in [3.05, 3.63) is 55.9 Å². The van der Waals surface area contributed by atoms with Gasteiger partial charge in [-0.1, -0.05) is 25.1 Å². The van der Waals surface area contributed by atoms with E-state index in [1.54, 1.807) is 11.3 Å². The molecule has 2 heterocycles. The Morgan fingerprint density at radius 2 is 2.05 bits per heavy atom. The van der Waals surface area contributed by atoms with E-state index >= 15 is 0 Å². The Labute approximate surface area is 137 Å². The Bertz CT molecular complexity index is 755. The van der Waals surface area contributed by atoms with E-state index in [2.05, 4.69) is 72.3 Å². The highest BCUT2D eigenvalue weighted by Gasteiger charge is 2.20. The van der Waals surface area contributed by atoms with Crippen molar-refractivity contribution in [2.24, 2.45) is 0 Å². The van der Waals surface area contributed by atoms with E-state index in [0.717, 1.165) is 17.9 Å². The molecule has 3 rings (SSSR count). The van der Waals surface area contributed by atoms with E-state index in [9.17, 15) is 0 Å². The molecule has 1 unspecified atom stereocenters. The van der Waals surface area contributed by atoms with Crippen LogP contribution in [0.25, 0.3) is 11.0 Å². The molecule has 0 aliphatic rings. The molecule has 2 nitrogen and oxygen atoms in total. The normalized spacial score (nSPS) is 13.0. The fourth-order valence-electron chi connectivity index (χ4n) is 2.54. The Hall–Kier alpha value is -1.10. The zero-order valence-electron chi connectivity index (χ0n) is 12.4. The fraction of sp³-hybridized carbons (Fsp3) is 0.294. The standard InChI is InChI=1S/C17H18BrNOS/c1-4-19-15(14-8-11(3)17(18)21-14)13-9-12-7-5-6-10(2)16(12)20-13/h5-9,15,19H,4H2,1-3H3. The molecule has 1 atom stereocenters. The van der Waals surface area contributed by atoms with Crippen LogP contribution in [-0.2, 0) is 0 Å². The number of hydrogen-bond acceptors (Lipinski definition) is 3. The van der Waals surface area contributed by atoms with Gasteiger partial charge in [0.2, 0.25) is 0 Å². The predicted octanol–water partition coefficient (Wildman–Crippen LogP) is 5.57. The zero-order valence-corrected chi connectivity index (χ0v) is 14.8. The van der Waals surface area contributed by atoms with Crippen molar-refractivity contribution >= 4 is 38.2 Å². The third-order valence-electron chi connectivity index (χ3n) is 3.61. The lowest BCUT2D eigenvalue weighted by Crippen LogP contribution is -2.20. The van der Waals surface area contributed by atoms with Crippen LogP contribution in [0, 0.1) is 13.8 Å². The van der Waals surface area contributed by atoms with E-state index in [4.69, 9.17) is 4.42 Å². The number of nitrogens with one attached hydrogen (secondary N) is 1. The maximum atomic E-state index is 6.15. The van der Waals surface area contributed by atoms with Gasteiger partial charge in [-0.2, -0.15) is 0 Å². The molecule has 110 valence electrons. The lowest BCUT2D eigenvalue weighted by molar-refractivity contribution is 0.480. The van der Waals surface area contributed by atoms with Gasteiger partial charge in [0.15, 0.2) is 0 Å². The number of hydrogen-bond donors (Lipinski definition) is 1. The first-order chi connectivity index (χ1) is 10.1. The van der Waals surface area contributed by atoms with Crippen molar-refractivity contribution < 1.29 is 4.42 Å². The van der Waals surface area contributed by atoms with E-state index in [0.29, 0.717) is 0 Å². The minimum atomic E-state index is 0.108. The molecule has 1 N–H and O–H groups in total. The molecule has 0 aliphatic carbocycles. The van der Waals surface area contributed by atoms with Gasteiger partial charge in [-0.05, 0) is 59.6 Å². The maximum Gasteiger partial charge on any atom is 0.137 e. The van der Waals surface area contributed by atoms with Crippen LogP contribution >= 0.6 is 27.3 Å². The maximum absolute atomic E-state index is 6.15. The summed E-state index contributed by atoms with van der Waals surface area (Å²) < 4.78 is 7.33. The molecule has 21 heavy (non-hydrogen) atoms. The number of aryl methyl sites for hydroxylation is 2. The SMILES string of the molecule is CCNC(c1cc2cccc(C)c2o1)c1cc(C)c(Br)s1. The molecule has 0 saturated heterocycles. The Morgan fingerprint density at radius 1 is 1.24 bits per heavy atom.